The first-order chi connectivity index (χ1) is 17.3. The summed E-state index contributed by atoms with van der Waals surface area (Å²) in [6, 6.07) is 6.66. The number of ether oxygens (including phenoxy) is 1. The van der Waals surface area contributed by atoms with Gasteiger partial charge in [-0.25, -0.2) is 17.2 Å². The molecule has 196 valence electrons. The molecule has 0 aliphatic heterocycles. The van der Waals surface area contributed by atoms with E-state index < -0.39 is 74.1 Å². The summed E-state index contributed by atoms with van der Waals surface area (Å²) in [6.45, 7) is 0.897. The van der Waals surface area contributed by atoms with Gasteiger partial charge in [-0.15, -0.1) is 10.2 Å². The van der Waals surface area contributed by atoms with E-state index in [1.165, 1.54) is 18.2 Å². The lowest BCUT2D eigenvalue weighted by Gasteiger charge is -2.34. The molecule has 1 saturated carbocycles. The van der Waals surface area contributed by atoms with Crippen LogP contribution in [-0.2, 0) is 22.5 Å². The molecule has 1 amide bonds. The highest BCUT2D eigenvalue weighted by molar-refractivity contribution is 7.72. The topological polar surface area (TPSA) is 98.2 Å². The van der Waals surface area contributed by atoms with Crippen LogP contribution < -0.4 is 10.1 Å². The molecule has 4 rings (SSSR count). The molecule has 0 saturated heterocycles. The Bertz CT molecular complexity index is 1460. The molecule has 37 heavy (non-hydrogen) atoms. The fraction of sp³-hybridized carbons (Fsp3) is 0.261. The molecule has 0 spiro atoms. The Morgan fingerprint density at radius 2 is 1.78 bits per heavy atom. The van der Waals surface area contributed by atoms with Gasteiger partial charge in [0.15, 0.2) is 28.0 Å². The van der Waals surface area contributed by atoms with E-state index >= 15 is 0 Å². The largest absolute Gasteiger partial charge is 0.435 e. The Kier molecular flexibility index (Phi) is 6.88. The molecular formula is C23H17F6N3O4S. The van der Waals surface area contributed by atoms with Crippen LogP contribution in [0.2, 0.25) is 0 Å². The van der Waals surface area contributed by atoms with Crippen LogP contribution in [0.15, 0.2) is 41.3 Å². The van der Waals surface area contributed by atoms with Gasteiger partial charge < -0.3 is 10.1 Å². The van der Waals surface area contributed by atoms with Crippen molar-refractivity contribution in [1.82, 2.24) is 10.2 Å². The average Bonchev–Trinajstić information content (AvgIpc) is 2.80. The van der Waals surface area contributed by atoms with Crippen molar-refractivity contribution in [3.63, 3.8) is 0 Å². The smallest absolute Gasteiger partial charge is 0.434 e. The van der Waals surface area contributed by atoms with Crippen molar-refractivity contribution >= 4 is 22.3 Å². The van der Waals surface area contributed by atoms with Crippen LogP contribution in [-0.4, -0.2) is 24.5 Å². The van der Waals surface area contributed by atoms with Crippen LogP contribution in [0.4, 0.5) is 32.0 Å². The van der Waals surface area contributed by atoms with Crippen LogP contribution in [0, 0.1) is 18.6 Å². The van der Waals surface area contributed by atoms with Crippen LogP contribution in [0.1, 0.15) is 46.4 Å². The Labute approximate surface area is 207 Å². The second-order valence-corrected chi connectivity index (χ2v) is 9.30. The molecule has 0 atom stereocenters. The van der Waals surface area contributed by atoms with Gasteiger partial charge in [-0.3, -0.25) is 4.79 Å². The second-order valence-electron chi connectivity index (χ2n) is 8.27. The fourth-order valence-corrected chi connectivity index (χ4v) is 4.27. The molecule has 1 aromatic heterocycles. The third-order valence-corrected chi connectivity index (χ3v) is 6.58. The molecule has 0 bridgehead atoms. The van der Waals surface area contributed by atoms with Gasteiger partial charge in [0.1, 0.15) is 11.2 Å². The van der Waals surface area contributed by atoms with E-state index in [9.17, 15) is 39.6 Å². The van der Waals surface area contributed by atoms with E-state index in [0.29, 0.717) is 6.42 Å². The molecule has 1 fully saturated rings. The monoisotopic (exact) mass is 545 g/mol. The normalized spacial score (nSPS) is 14.8. The summed E-state index contributed by atoms with van der Waals surface area (Å²) in [5.74, 6) is -6.14. The summed E-state index contributed by atoms with van der Waals surface area (Å²) in [6.07, 6.45) is -4.54. The second kappa shape index (κ2) is 9.65. The molecule has 0 unspecified atom stereocenters. The summed E-state index contributed by atoms with van der Waals surface area (Å²) in [5.41, 5.74) is -5.74. The standard InChI is InChI=1S/C23H17F6N3O4S/c1-11-16(20(33)30-12-4-2-5-13(10-12)37(34)35)21(32-31-19(11)23(27,28)29)36-15-7-6-14(17(24)18(15)25)22(26)8-3-9-22/h2,4-7,10,37H,3,8-9H2,1H3,(H,30,33). The predicted molar refractivity (Wildman–Crippen MR) is 118 cm³/mol. The molecule has 7 nitrogen and oxygen atoms in total. The number of hydrogen-bond acceptors (Lipinski definition) is 6. The number of benzene rings is 2. The van der Waals surface area contributed by atoms with Gasteiger partial charge in [-0.05, 0) is 62.1 Å². The summed E-state index contributed by atoms with van der Waals surface area (Å²) >= 11 is 0. The first-order valence-corrected chi connectivity index (χ1v) is 11.8. The van der Waals surface area contributed by atoms with E-state index in [0.717, 1.165) is 25.1 Å². The van der Waals surface area contributed by atoms with Gasteiger partial charge in [0.2, 0.25) is 5.82 Å². The van der Waals surface area contributed by atoms with Crippen molar-refractivity contribution in [3.8, 4) is 11.6 Å². The number of rotatable bonds is 6. The lowest BCUT2D eigenvalue weighted by atomic mass is 9.76. The summed E-state index contributed by atoms with van der Waals surface area (Å²) in [7, 11) is -3.02. The first-order valence-electron chi connectivity index (χ1n) is 10.7. The number of carbonyl (C=O) groups excluding carboxylic acids is 1. The molecule has 14 heteroatoms. The Balaban J connectivity index is 1.75. The van der Waals surface area contributed by atoms with Crippen molar-refractivity contribution in [1.29, 1.82) is 0 Å². The third-order valence-electron chi connectivity index (χ3n) is 5.88. The number of nitrogens with zero attached hydrogens (tertiary/aromatic N) is 2. The van der Waals surface area contributed by atoms with Crippen LogP contribution in [0.3, 0.4) is 0 Å². The number of halogens is 6. The molecule has 1 aliphatic rings. The van der Waals surface area contributed by atoms with Crippen LogP contribution >= 0.6 is 0 Å². The lowest BCUT2D eigenvalue weighted by molar-refractivity contribution is -0.142. The van der Waals surface area contributed by atoms with Crippen LogP contribution in [0.25, 0.3) is 0 Å². The number of amides is 1. The highest BCUT2D eigenvalue weighted by atomic mass is 32.2. The summed E-state index contributed by atoms with van der Waals surface area (Å²) < 4.78 is 112. The maximum Gasteiger partial charge on any atom is 0.435 e. The number of anilines is 1. The number of aromatic nitrogens is 2. The van der Waals surface area contributed by atoms with Crippen molar-refractivity contribution in [2.75, 3.05) is 5.32 Å². The molecule has 0 radical (unpaired) electrons. The SMILES string of the molecule is Cc1c(C(F)(F)F)nnc(Oc2ccc(C3(F)CCC3)c(F)c2F)c1C(=O)Nc1cccc([SH](=O)=O)c1. The zero-order chi connectivity index (χ0) is 27.1. The summed E-state index contributed by atoms with van der Waals surface area (Å²) in [4.78, 5) is 12.8. The number of hydrogen-bond donors (Lipinski definition) is 2. The van der Waals surface area contributed by atoms with Gasteiger partial charge >= 0.3 is 6.18 Å². The van der Waals surface area contributed by atoms with E-state index in [1.807, 2.05) is 0 Å². The number of nitrogens with one attached hydrogen (secondary N) is 1. The maximum atomic E-state index is 14.8. The number of alkyl halides is 4. The van der Waals surface area contributed by atoms with Crippen molar-refractivity contribution < 1.29 is 44.3 Å². The summed E-state index contributed by atoms with van der Waals surface area (Å²) in [5, 5.41) is 8.52. The van der Waals surface area contributed by atoms with Crippen molar-refractivity contribution in [2.24, 2.45) is 0 Å². The van der Waals surface area contributed by atoms with Crippen molar-refractivity contribution in [2.45, 2.75) is 42.9 Å². The quantitative estimate of drug-likeness (QED) is 0.316. The molecule has 1 N–H and O–H groups in total. The number of carbonyl (C=O) groups is 1. The highest BCUT2D eigenvalue weighted by Gasteiger charge is 2.42. The van der Waals surface area contributed by atoms with Crippen molar-refractivity contribution in [3.05, 3.63) is 70.4 Å². The minimum absolute atomic E-state index is 0.000740. The Hall–Kier alpha value is -3.68. The average molecular weight is 545 g/mol. The minimum atomic E-state index is -5.03. The van der Waals surface area contributed by atoms with Gasteiger partial charge in [0, 0.05) is 11.3 Å². The Morgan fingerprint density at radius 3 is 2.38 bits per heavy atom. The zero-order valence-corrected chi connectivity index (χ0v) is 19.7. The number of thiol groups is 1. The third kappa shape index (κ3) is 5.10. The molecule has 1 aliphatic carbocycles. The van der Waals surface area contributed by atoms with E-state index in [4.69, 9.17) is 4.74 Å². The van der Waals surface area contributed by atoms with Crippen LogP contribution in [0.5, 0.6) is 11.6 Å². The maximum absolute atomic E-state index is 14.8. The molecule has 1 heterocycles. The highest BCUT2D eigenvalue weighted by Crippen LogP contribution is 2.47. The Morgan fingerprint density at radius 1 is 1.08 bits per heavy atom. The predicted octanol–water partition coefficient (Wildman–Crippen LogP) is 5.45. The van der Waals surface area contributed by atoms with E-state index in [2.05, 4.69) is 15.5 Å². The lowest BCUT2D eigenvalue weighted by Crippen LogP contribution is -2.30. The minimum Gasteiger partial charge on any atom is -0.434 e. The van der Waals surface area contributed by atoms with Gasteiger partial charge in [0.25, 0.3) is 11.8 Å². The zero-order valence-electron chi connectivity index (χ0n) is 18.8. The molecular weight excluding hydrogens is 528 g/mol. The van der Waals surface area contributed by atoms with Gasteiger partial charge in [-0.1, -0.05) is 6.07 Å². The van der Waals surface area contributed by atoms with Gasteiger partial charge in [0.05, 0.1) is 4.90 Å². The van der Waals surface area contributed by atoms with E-state index in [1.54, 1.807) is 0 Å². The van der Waals surface area contributed by atoms with Gasteiger partial charge in [-0.2, -0.15) is 17.6 Å². The molecule has 3 aromatic rings. The first kappa shape index (κ1) is 26.4. The fourth-order valence-electron chi connectivity index (χ4n) is 3.82. The van der Waals surface area contributed by atoms with E-state index in [-0.39, 0.29) is 23.4 Å². The molecule has 2 aromatic carbocycles.